The van der Waals surface area contributed by atoms with Gasteiger partial charge in [0, 0.05) is 0 Å². The second kappa shape index (κ2) is 6.37. The Morgan fingerprint density at radius 1 is 1.67 bits per heavy atom. The van der Waals surface area contributed by atoms with Gasteiger partial charge >= 0.3 is 0 Å². The Kier molecular flexibility index (Phi) is 5.12. The van der Waals surface area contributed by atoms with E-state index in [0.29, 0.717) is 20.9 Å². The summed E-state index contributed by atoms with van der Waals surface area (Å²) in [4.78, 5) is 14.6. The first-order valence-electron chi connectivity index (χ1n) is 4.72. The summed E-state index contributed by atoms with van der Waals surface area (Å²) in [5.74, 6) is 0. The number of nitrogens with one attached hydrogen (secondary N) is 1. The summed E-state index contributed by atoms with van der Waals surface area (Å²) in [6, 6.07) is 3.22. The van der Waals surface area contributed by atoms with E-state index in [9.17, 15) is 10.1 Å². The Morgan fingerprint density at radius 2 is 2.33 bits per heavy atom. The molecule has 0 radical (unpaired) electrons. The molecule has 0 heterocycles. The van der Waals surface area contributed by atoms with Gasteiger partial charge in [-0.05, 0) is 41.2 Å². The lowest BCUT2D eigenvalue weighted by atomic mass is 10.1. The van der Waals surface area contributed by atoms with Crippen LogP contribution in [0.1, 0.15) is 5.56 Å². The number of nitrogens with zero attached hydrogens (tertiary/aromatic N) is 3. The van der Waals surface area contributed by atoms with Crippen molar-refractivity contribution in [3.63, 3.8) is 0 Å². The van der Waals surface area contributed by atoms with Crippen LogP contribution < -0.4 is 5.32 Å². The topological polar surface area (TPSA) is 91.3 Å². The van der Waals surface area contributed by atoms with Crippen LogP contribution in [0, 0.1) is 28.5 Å². The van der Waals surface area contributed by atoms with Crippen LogP contribution in [0.25, 0.3) is 0 Å². The van der Waals surface area contributed by atoms with Crippen LogP contribution in [-0.2, 0) is 0 Å². The molecule has 0 saturated heterocycles. The van der Waals surface area contributed by atoms with Gasteiger partial charge in [-0.3, -0.25) is 15.4 Å². The standard InChI is InChI=1S/C10H9BrN4O2S/c1-6-8(14-10(18-2)13-5-12)4-3-7(11)9(6)15(16)17/h3-4H,1-2H3,(H,13,14). The number of halogens is 1. The van der Waals surface area contributed by atoms with Crippen LogP contribution in [0.15, 0.2) is 21.6 Å². The van der Waals surface area contributed by atoms with Crippen LogP contribution in [0.4, 0.5) is 11.4 Å². The van der Waals surface area contributed by atoms with Gasteiger partial charge in [-0.1, -0.05) is 11.8 Å². The fourth-order valence-corrected chi connectivity index (χ4v) is 2.20. The second-order valence-electron chi connectivity index (χ2n) is 3.16. The van der Waals surface area contributed by atoms with Crippen molar-refractivity contribution in [2.45, 2.75) is 6.92 Å². The highest BCUT2D eigenvalue weighted by Gasteiger charge is 2.18. The molecule has 1 aromatic carbocycles. The first kappa shape index (κ1) is 14.5. The number of amidine groups is 1. The van der Waals surface area contributed by atoms with Crippen molar-refractivity contribution < 1.29 is 4.92 Å². The summed E-state index contributed by atoms with van der Waals surface area (Å²) in [6.45, 7) is 1.62. The van der Waals surface area contributed by atoms with Crippen LogP contribution in [0.5, 0.6) is 0 Å². The van der Waals surface area contributed by atoms with Gasteiger partial charge in [-0.15, -0.1) is 0 Å². The SMILES string of the molecule is CSC(=Nc1ccc(Br)c([N+](=O)[O-])c1C)NC#N. The lowest BCUT2D eigenvalue weighted by Gasteiger charge is -2.05. The number of aliphatic imine (C=N–C) groups is 1. The molecule has 8 heteroatoms. The molecule has 0 aromatic heterocycles. The maximum Gasteiger partial charge on any atom is 0.288 e. The third-order valence-electron chi connectivity index (χ3n) is 2.11. The minimum atomic E-state index is -0.463. The molecule has 0 spiro atoms. The third kappa shape index (κ3) is 3.21. The van der Waals surface area contributed by atoms with Gasteiger partial charge in [0.2, 0.25) is 0 Å². The van der Waals surface area contributed by atoms with Gasteiger partial charge < -0.3 is 0 Å². The number of nitro benzene ring substituents is 1. The first-order chi connectivity index (χ1) is 8.51. The van der Waals surface area contributed by atoms with Crippen molar-refractivity contribution in [3.05, 3.63) is 32.3 Å². The highest BCUT2D eigenvalue weighted by molar-refractivity contribution is 9.10. The molecule has 1 aromatic rings. The van der Waals surface area contributed by atoms with E-state index in [-0.39, 0.29) is 5.69 Å². The van der Waals surface area contributed by atoms with Crippen LogP contribution >= 0.6 is 27.7 Å². The predicted octanol–water partition coefficient (Wildman–Crippen LogP) is 3.09. The molecule has 0 atom stereocenters. The van der Waals surface area contributed by atoms with Crippen LogP contribution in [0.3, 0.4) is 0 Å². The maximum absolute atomic E-state index is 10.9. The molecule has 94 valence electrons. The van der Waals surface area contributed by atoms with Gasteiger partial charge in [-0.2, -0.15) is 5.26 Å². The largest absolute Gasteiger partial charge is 0.288 e. The van der Waals surface area contributed by atoms with Gasteiger partial charge in [-0.25, -0.2) is 4.99 Å². The zero-order valence-electron chi connectivity index (χ0n) is 9.60. The molecule has 0 aliphatic rings. The molecule has 0 aliphatic heterocycles. The van der Waals surface area contributed by atoms with E-state index >= 15 is 0 Å². The van der Waals surface area contributed by atoms with E-state index in [0.717, 1.165) is 0 Å². The molecule has 6 nitrogen and oxygen atoms in total. The fraction of sp³-hybridized carbons (Fsp3) is 0.200. The minimum Gasteiger partial charge on any atom is -0.271 e. The quantitative estimate of drug-likeness (QED) is 0.225. The highest BCUT2D eigenvalue weighted by Crippen LogP contribution is 2.34. The lowest BCUT2D eigenvalue weighted by molar-refractivity contribution is -0.386. The molecule has 1 rings (SSSR count). The Hall–Kier alpha value is -1.59. The third-order valence-corrected chi connectivity index (χ3v) is 3.33. The molecule has 0 bridgehead atoms. The minimum absolute atomic E-state index is 0.0198. The van der Waals surface area contributed by atoms with Crippen molar-refractivity contribution in [2.75, 3.05) is 6.26 Å². The van der Waals surface area contributed by atoms with Gasteiger partial charge in [0.25, 0.3) is 5.69 Å². The van der Waals surface area contributed by atoms with E-state index in [4.69, 9.17) is 5.26 Å². The van der Waals surface area contributed by atoms with Crippen molar-refractivity contribution in [1.29, 1.82) is 5.26 Å². The number of benzene rings is 1. The summed E-state index contributed by atoms with van der Waals surface area (Å²) in [5.41, 5.74) is 0.881. The first-order valence-corrected chi connectivity index (χ1v) is 6.74. The van der Waals surface area contributed by atoms with E-state index < -0.39 is 4.92 Å². The molecule has 0 saturated carbocycles. The molecule has 0 amide bonds. The average Bonchev–Trinajstić information content (AvgIpc) is 2.31. The predicted molar refractivity (Wildman–Crippen MR) is 74.9 cm³/mol. The maximum atomic E-state index is 10.9. The van der Waals surface area contributed by atoms with Crippen LogP contribution in [0.2, 0.25) is 0 Å². The summed E-state index contributed by atoms with van der Waals surface area (Å²) in [6.07, 6.45) is 3.52. The summed E-state index contributed by atoms with van der Waals surface area (Å²) in [5, 5.41) is 22.3. The Labute approximate surface area is 116 Å². The molecular weight excluding hydrogens is 320 g/mol. The van der Waals surface area contributed by atoms with Gasteiger partial charge in [0.05, 0.1) is 20.6 Å². The molecular formula is C10H9BrN4O2S. The Morgan fingerprint density at radius 3 is 2.83 bits per heavy atom. The van der Waals surface area contributed by atoms with Crippen LogP contribution in [-0.4, -0.2) is 16.3 Å². The summed E-state index contributed by atoms with van der Waals surface area (Å²) >= 11 is 4.38. The average molecular weight is 329 g/mol. The molecule has 0 fully saturated rings. The van der Waals surface area contributed by atoms with Crippen molar-refractivity contribution >= 4 is 44.2 Å². The van der Waals surface area contributed by atoms with E-state index in [1.165, 1.54) is 11.8 Å². The van der Waals surface area contributed by atoms with Crippen molar-refractivity contribution in [3.8, 4) is 6.19 Å². The number of rotatable bonds is 2. The smallest absolute Gasteiger partial charge is 0.271 e. The van der Waals surface area contributed by atoms with Gasteiger partial charge in [0.15, 0.2) is 11.4 Å². The van der Waals surface area contributed by atoms with Crippen molar-refractivity contribution in [2.24, 2.45) is 4.99 Å². The highest BCUT2D eigenvalue weighted by atomic mass is 79.9. The Bertz CT molecular complexity index is 554. The molecule has 1 N–H and O–H groups in total. The number of thioether (sulfide) groups is 1. The molecule has 18 heavy (non-hydrogen) atoms. The Balaban J connectivity index is 3.32. The number of nitriles is 1. The van der Waals surface area contributed by atoms with Gasteiger partial charge in [0.1, 0.15) is 0 Å². The second-order valence-corrected chi connectivity index (χ2v) is 4.80. The normalized spacial score (nSPS) is 10.9. The molecule has 0 aliphatic carbocycles. The lowest BCUT2D eigenvalue weighted by Crippen LogP contribution is -2.12. The van der Waals surface area contributed by atoms with E-state index in [2.05, 4.69) is 26.2 Å². The summed E-state index contributed by atoms with van der Waals surface area (Å²) in [7, 11) is 0. The fourth-order valence-electron chi connectivity index (χ4n) is 1.28. The van der Waals surface area contributed by atoms with E-state index in [1.54, 1.807) is 31.5 Å². The number of hydrogen-bond donors (Lipinski definition) is 1. The van der Waals surface area contributed by atoms with E-state index in [1.807, 2.05) is 0 Å². The zero-order valence-corrected chi connectivity index (χ0v) is 12.0. The number of nitro groups is 1. The monoisotopic (exact) mass is 328 g/mol. The molecule has 0 unspecified atom stereocenters. The van der Waals surface area contributed by atoms with Crippen molar-refractivity contribution in [1.82, 2.24) is 5.32 Å². The number of hydrogen-bond acceptors (Lipinski definition) is 5. The summed E-state index contributed by atoms with van der Waals surface area (Å²) < 4.78 is 0.405. The zero-order chi connectivity index (χ0) is 13.7.